The van der Waals surface area contributed by atoms with Crippen LogP contribution in [0, 0.1) is 20.8 Å². The van der Waals surface area contributed by atoms with Gasteiger partial charge < -0.3 is 19.2 Å². The van der Waals surface area contributed by atoms with E-state index in [0.717, 1.165) is 37.3 Å². The Morgan fingerprint density at radius 2 is 1.86 bits per heavy atom. The maximum Gasteiger partial charge on any atom is 0.236 e. The number of carbonyl (C=O) groups is 1. The van der Waals surface area contributed by atoms with Crippen molar-refractivity contribution in [1.29, 1.82) is 0 Å². The number of H-pyrrole nitrogens is 1. The van der Waals surface area contributed by atoms with E-state index in [9.17, 15) is 4.79 Å². The number of aromatic amines is 1. The van der Waals surface area contributed by atoms with E-state index in [0.29, 0.717) is 18.4 Å². The number of amides is 1. The van der Waals surface area contributed by atoms with Crippen LogP contribution in [0.2, 0.25) is 0 Å². The van der Waals surface area contributed by atoms with Crippen LogP contribution in [-0.4, -0.2) is 63.8 Å². The monoisotopic (exact) mass is 485 g/mol. The number of imidazole rings is 1. The fourth-order valence-electron chi connectivity index (χ4n) is 5.82. The summed E-state index contributed by atoms with van der Waals surface area (Å²) in [6, 6.07) is 9.21. The molecule has 1 aliphatic rings. The van der Waals surface area contributed by atoms with Gasteiger partial charge in [0.1, 0.15) is 5.65 Å². The highest BCUT2D eigenvalue weighted by Gasteiger charge is 2.25. The summed E-state index contributed by atoms with van der Waals surface area (Å²) < 4.78 is 2.23. The van der Waals surface area contributed by atoms with Gasteiger partial charge in [-0.25, -0.2) is 4.98 Å². The molecule has 5 rings (SSSR count). The fourth-order valence-corrected chi connectivity index (χ4v) is 5.82. The Hall–Kier alpha value is -3.12. The molecule has 0 unspecified atom stereocenters. The molecule has 190 valence electrons. The summed E-state index contributed by atoms with van der Waals surface area (Å²) in [6.07, 6.45) is 4.28. The number of likely N-dealkylation sites (N-methyl/N-ethyl adjacent to an activating group) is 1. The smallest absolute Gasteiger partial charge is 0.236 e. The first-order valence-corrected chi connectivity index (χ1v) is 13.2. The minimum atomic E-state index is 0.238. The highest BCUT2D eigenvalue weighted by molar-refractivity contribution is 5.92. The van der Waals surface area contributed by atoms with Crippen LogP contribution in [0.25, 0.3) is 27.8 Å². The quantitative estimate of drug-likeness (QED) is 0.389. The molecule has 0 aliphatic carbocycles. The number of fused-ring (bicyclic) bond motifs is 2. The van der Waals surface area contributed by atoms with Crippen LogP contribution < -0.4 is 0 Å². The number of hydrogen-bond donors (Lipinski definition) is 1. The molecule has 3 aromatic heterocycles. The van der Waals surface area contributed by atoms with Gasteiger partial charge in [-0.05, 0) is 94.4 Å². The molecule has 4 heterocycles. The van der Waals surface area contributed by atoms with E-state index in [-0.39, 0.29) is 5.91 Å². The van der Waals surface area contributed by atoms with Crippen LogP contribution >= 0.6 is 0 Å². The van der Waals surface area contributed by atoms with Gasteiger partial charge in [0.2, 0.25) is 5.91 Å². The van der Waals surface area contributed by atoms with E-state index < -0.39 is 0 Å². The van der Waals surface area contributed by atoms with Crippen molar-refractivity contribution in [3.63, 3.8) is 0 Å². The lowest BCUT2D eigenvalue weighted by atomic mass is 9.87. The zero-order valence-electron chi connectivity index (χ0n) is 22.8. The van der Waals surface area contributed by atoms with E-state index in [1.807, 2.05) is 23.9 Å². The molecule has 36 heavy (non-hydrogen) atoms. The normalized spacial score (nSPS) is 15.2. The lowest BCUT2D eigenvalue weighted by Gasteiger charge is -2.33. The Labute approximate surface area is 214 Å². The van der Waals surface area contributed by atoms with E-state index in [4.69, 9.17) is 4.98 Å². The molecule has 0 spiro atoms. The van der Waals surface area contributed by atoms with Gasteiger partial charge in [-0.3, -0.25) is 4.79 Å². The van der Waals surface area contributed by atoms with Crippen LogP contribution in [-0.2, 0) is 4.79 Å². The number of hydrogen-bond acceptors (Lipinski definition) is 3. The zero-order valence-corrected chi connectivity index (χ0v) is 22.8. The number of benzene rings is 1. The number of carbonyl (C=O) groups excluding carboxylic acids is 1. The molecule has 0 radical (unpaired) electrons. The van der Waals surface area contributed by atoms with Crippen molar-refractivity contribution >= 4 is 22.5 Å². The third-order valence-corrected chi connectivity index (χ3v) is 7.88. The van der Waals surface area contributed by atoms with Crippen molar-refractivity contribution in [2.45, 2.75) is 59.3 Å². The average Bonchev–Trinajstić information content (AvgIpc) is 3.36. The Bertz CT molecular complexity index is 1430. The number of piperidine rings is 1. The number of nitrogens with zero attached hydrogens (tertiary/aromatic N) is 4. The Balaban J connectivity index is 1.49. The van der Waals surface area contributed by atoms with Crippen molar-refractivity contribution in [2.24, 2.45) is 0 Å². The molecule has 6 nitrogen and oxygen atoms in total. The second kappa shape index (κ2) is 9.40. The Morgan fingerprint density at radius 1 is 1.14 bits per heavy atom. The van der Waals surface area contributed by atoms with Gasteiger partial charge in [-0.1, -0.05) is 19.9 Å². The van der Waals surface area contributed by atoms with E-state index in [1.54, 1.807) is 0 Å². The Kier molecular flexibility index (Phi) is 6.41. The lowest BCUT2D eigenvalue weighted by Crippen LogP contribution is -2.42. The number of nitrogens with one attached hydrogen (secondary N) is 1. The van der Waals surface area contributed by atoms with Crippen molar-refractivity contribution in [3.05, 3.63) is 58.5 Å². The second-order valence-electron chi connectivity index (χ2n) is 11.2. The molecule has 1 aromatic carbocycles. The summed E-state index contributed by atoms with van der Waals surface area (Å²) >= 11 is 0. The molecule has 1 amide bonds. The summed E-state index contributed by atoms with van der Waals surface area (Å²) in [5, 5.41) is 1.32. The third-order valence-electron chi connectivity index (χ3n) is 7.88. The maximum atomic E-state index is 12.5. The Morgan fingerprint density at radius 3 is 2.53 bits per heavy atom. The van der Waals surface area contributed by atoms with Gasteiger partial charge in [0.15, 0.2) is 0 Å². The van der Waals surface area contributed by atoms with E-state index in [2.05, 4.69) is 74.5 Å². The van der Waals surface area contributed by atoms with Gasteiger partial charge in [0.25, 0.3) is 0 Å². The molecule has 0 bridgehead atoms. The summed E-state index contributed by atoms with van der Waals surface area (Å²) in [7, 11) is 3.91. The van der Waals surface area contributed by atoms with Crippen molar-refractivity contribution in [1.82, 2.24) is 24.2 Å². The summed E-state index contributed by atoms with van der Waals surface area (Å²) in [5.74, 6) is 1.12. The van der Waals surface area contributed by atoms with Gasteiger partial charge in [0, 0.05) is 41.4 Å². The summed E-state index contributed by atoms with van der Waals surface area (Å²) in [5.41, 5.74) is 10.9. The number of aromatic nitrogens is 3. The third kappa shape index (κ3) is 4.32. The van der Waals surface area contributed by atoms with Gasteiger partial charge in [0.05, 0.1) is 17.9 Å². The number of aryl methyl sites for hydroxylation is 3. The largest absolute Gasteiger partial charge is 0.354 e. The maximum absolute atomic E-state index is 12.5. The second-order valence-corrected chi connectivity index (χ2v) is 11.2. The minimum Gasteiger partial charge on any atom is -0.354 e. The molecule has 1 N–H and O–H groups in total. The van der Waals surface area contributed by atoms with E-state index in [1.165, 1.54) is 44.5 Å². The number of rotatable bonds is 5. The molecule has 1 aliphatic heterocycles. The van der Waals surface area contributed by atoms with Crippen LogP contribution in [0.15, 0.2) is 30.5 Å². The molecule has 0 atom stereocenters. The number of likely N-dealkylation sites (tertiary alicyclic amines) is 1. The first-order valence-electron chi connectivity index (χ1n) is 13.2. The minimum absolute atomic E-state index is 0.238. The van der Waals surface area contributed by atoms with Crippen LogP contribution in [0.5, 0.6) is 0 Å². The highest BCUT2D eigenvalue weighted by Crippen LogP contribution is 2.39. The van der Waals surface area contributed by atoms with Crippen LogP contribution in [0.4, 0.5) is 0 Å². The van der Waals surface area contributed by atoms with Crippen molar-refractivity contribution in [3.8, 4) is 11.3 Å². The van der Waals surface area contributed by atoms with Gasteiger partial charge >= 0.3 is 0 Å². The van der Waals surface area contributed by atoms with Crippen LogP contribution in [0.1, 0.15) is 66.6 Å². The SMILES string of the molecule is Cc1nc2c(C)cc(-c3[nH]c4ccc(C5CCN(C(=O)CN(C)C)CC5)cc4c3C(C)C)cn2c1C. The molecule has 6 heteroatoms. The molecule has 1 fully saturated rings. The van der Waals surface area contributed by atoms with Gasteiger partial charge in [-0.2, -0.15) is 0 Å². The molecule has 4 aromatic rings. The van der Waals surface area contributed by atoms with Crippen molar-refractivity contribution < 1.29 is 4.79 Å². The highest BCUT2D eigenvalue weighted by atomic mass is 16.2. The van der Waals surface area contributed by atoms with E-state index >= 15 is 0 Å². The molecular formula is C30H39N5O. The van der Waals surface area contributed by atoms with Crippen LogP contribution in [0.3, 0.4) is 0 Å². The fraction of sp³-hybridized carbons (Fsp3) is 0.467. The molecular weight excluding hydrogens is 446 g/mol. The van der Waals surface area contributed by atoms with Crippen molar-refractivity contribution in [2.75, 3.05) is 33.7 Å². The first kappa shape index (κ1) is 24.6. The topological polar surface area (TPSA) is 56.6 Å². The predicted octanol–water partition coefficient (Wildman–Crippen LogP) is 5.80. The molecule has 1 saturated heterocycles. The summed E-state index contributed by atoms with van der Waals surface area (Å²) in [6.45, 7) is 13.1. The predicted molar refractivity (Wildman–Crippen MR) is 148 cm³/mol. The summed E-state index contributed by atoms with van der Waals surface area (Å²) in [4.78, 5) is 25.0. The van der Waals surface area contributed by atoms with Gasteiger partial charge in [-0.15, -0.1) is 0 Å². The standard InChI is InChI=1S/C30H39N5O/c1-18(2)28-25-15-23(22-10-12-34(13-11-22)27(36)17-33(6)7)8-9-26(25)32-29(28)24-14-19(3)30-31-20(4)21(5)35(30)16-24/h8-9,14-16,18,22,32H,10-13,17H2,1-7H3. The zero-order chi connectivity index (χ0) is 25.7. The molecule has 0 saturated carbocycles. The first-order chi connectivity index (χ1) is 17.1. The lowest BCUT2D eigenvalue weighted by molar-refractivity contribution is -0.132. The average molecular weight is 486 g/mol. The number of pyridine rings is 1.